The number of aliphatic hydroxyl groups excluding tert-OH is 1. The zero-order valence-electron chi connectivity index (χ0n) is 16.0. The highest BCUT2D eigenvalue weighted by molar-refractivity contribution is 4.60. The molecule has 2 N–H and O–H groups in total. The van der Waals surface area contributed by atoms with Crippen molar-refractivity contribution in [2.75, 3.05) is 13.2 Å². The molecule has 0 aliphatic heterocycles. The summed E-state index contributed by atoms with van der Waals surface area (Å²) in [7, 11) is 0. The Morgan fingerprint density at radius 3 is 1.65 bits per heavy atom. The molecule has 3 nitrogen and oxygen atoms in total. The van der Waals surface area contributed by atoms with Gasteiger partial charge in [0.2, 0.25) is 0 Å². The SMILES string of the molecule is CCCCCCCCCCCCCCCC(CC)NOCCO. The second-order valence-electron chi connectivity index (χ2n) is 6.83. The smallest absolute Gasteiger partial charge is 0.0913 e. The van der Waals surface area contributed by atoms with E-state index in [2.05, 4.69) is 19.3 Å². The number of nitrogens with one attached hydrogen (secondary N) is 1. The lowest BCUT2D eigenvalue weighted by Gasteiger charge is -2.16. The lowest BCUT2D eigenvalue weighted by atomic mass is 10.0. The average Bonchev–Trinajstić information content (AvgIpc) is 2.57. The molecule has 0 aliphatic rings. The van der Waals surface area contributed by atoms with Gasteiger partial charge in [-0.1, -0.05) is 97.3 Å². The maximum absolute atomic E-state index is 8.69. The second-order valence-corrected chi connectivity index (χ2v) is 6.83. The normalized spacial score (nSPS) is 12.7. The maximum Gasteiger partial charge on any atom is 0.0913 e. The van der Waals surface area contributed by atoms with Crippen LogP contribution in [0.4, 0.5) is 0 Å². The third-order valence-corrected chi connectivity index (χ3v) is 4.59. The van der Waals surface area contributed by atoms with E-state index in [1.807, 2.05) is 0 Å². The van der Waals surface area contributed by atoms with Crippen LogP contribution in [-0.4, -0.2) is 24.4 Å². The molecule has 0 aromatic heterocycles. The minimum atomic E-state index is 0.0855. The summed E-state index contributed by atoms with van der Waals surface area (Å²) in [6, 6.07) is 0.439. The van der Waals surface area contributed by atoms with Gasteiger partial charge < -0.3 is 5.11 Å². The van der Waals surface area contributed by atoms with Crippen molar-refractivity contribution < 1.29 is 9.94 Å². The molecule has 0 aromatic rings. The second kappa shape index (κ2) is 19.9. The van der Waals surface area contributed by atoms with Crippen LogP contribution in [-0.2, 0) is 4.84 Å². The van der Waals surface area contributed by atoms with Gasteiger partial charge in [-0.25, -0.2) is 0 Å². The Labute approximate surface area is 145 Å². The molecule has 1 atom stereocenters. The van der Waals surface area contributed by atoms with Crippen molar-refractivity contribution in [3.63, 3.8) is 0 Å². The van der Waals surface area contributed by atoms with Crippen LogP contribution in [0.2, 0.25) is 0 Å². The van der Waals surface area contributed by atoms with Gasteiger partial charge in [-0.3, -0.25) is 4.84 Å². The summed E-state index contributed by atoms with van der Waals surface area (Å²) in [5, 5.41) is 8.69. The third kappa shape index (κ3) is 18.1. The van der Waals surface area contributed by atoms with Crippen molar-refractivity contribution in [3.05, 3.63) is 0 Å². The Morgan fingerprint density at radius 2 is 1.22 bits per heavy atom. The van der Waals surface area contributed by atoms with E-state index in [1.165, 1.54) is 89.9 Å². The van der Waals surface area contributed by atoms with Crippen molar-refractivity contribution >= 4 is 0 Å². The molecule has 0 heterocycles. The first-order valence-electron chi connectivity index (χ1n) is 10.3. The number of hydroxylamine groups is 1. The Hall–Kier alpha value is -0.120. The molecular weight excluding hydrogens is 286 g/mol. The quantitative estimate of drug-likeness (QED) is 0.234. The van der Waals surface area contributed by atoms with Gasteiger partial charge in [-0.05, 0) is 12.8 Å². The predicted molar refractivity (Wildman–Crippen MR) is 101 cm³/mol. The van der Waals surface area contributed by atoms with Gasteiger partial charge >= 0.3 is 0 Å². The lowest BCUT2D eigenvalue weighted by molar-refractivity contribution is -0.00617. The molecular formula is C20H43NO2. The molecule has 0 radical (unpaired) electrons. The van der Waals surface area contributed by atoms with Crippen LogP contribution in [0.25, 0.3) is 0 Å². The zero-order valence-corrected chi connectivity index (χ0v) is 16.0. The van der Waals surface area contributed by atoms with E-state index in [0.29, 0.717) is 12.6 Å². The van der Waals surface area contributed by atoms with Gasteiger partial charge in [0, 0.05) is 6.04 Å². The summed E-state index contributed by atoms with van der Waals surface area (Å²) in [5.74, 6) is 0. The lowest BCUT2D eigenvalue weighted by Crippen LogP contribution is -2.29. The monoisotopic (exact) mass is 329 g/mol. The largest absolute Gasteiger partial charge is 0.394 e. The van der Waals surface area contributed by atoms with Crippen molar-refractivity contribution in [2.24, 2.45) is 0 Å². The van der Waals surface area contributed by atoms with Gasteiger partial charge in [0.15, 0.2) is 0 Å². The van der Waals surface area contributed by atoms with Crippen LogP contribution in [0.3, 0.4) is 0 Å². The molecule has 0 bridgehead atoms. The van der Waals surface area contributed by atoms with Crippen LogP contribution in [0.15, 0.2) is 0 Å². The molecule has 0 spiro atoms. The summed E-state index contributed by atoms with van der Waals surface area (Å²) in [4.78, 5) is 5.20. The molecule has 0 aromatic carbocycles. The molecule has 1 unspecified atom stereocenters. The molecule has 0 rings (SSSR count). The highest BCUT2D eigenvalue weighted by Crippen LogP contribution is 2.13. The average molecular weight is 330 g/mol. The summed E-state index contributed by atoms with van der Waals surface area (Å²) >= 11 is 0. The number of hydrogen-bond donors (Lipinski definition) is 2. The van der Waals surface area contributed by atoms with E-state index in [9.17, 15) is 0 Å². The summed E-state index contributed by atoms with van der Waals surface area (Å²) in [5.41, 5.74) is 3.05. The van der Waals surface area contributed by atoms with E-state index in [4.69, 9.17) is 9.94 Å². The molecule has 0 aliphatic carbocycles. The van der Waals surface area contributed by atoms with Gasteiger partial charge in [-0.15, -0.1) is 0 Å². The van der Waals surface area contributed by atoms with Crippen molar-refractivity contribution in [1.82, 2.24) is 5.48 Å². The summed E-state index contributed by atoms with van der Waals surface area (Å²) < 4.78 is 0. The van der Waals surface area contributed by atoms with E-state index < -0.39 is 0 Å². The van der Waals surface area contributed by atoms with Crippen LogP contribution < -0.4 is 5.48 Å². The van der Waals surface area contributed by atoms with Crippen LogP contribution >= 0.6 is 0 Å². The predicted octanol–water partition coefficient (Wildman–Crippen LogP) is 5.76. The van der Waals surface area contributed by atoms with E-state index in [1.54, 1.807) is 0 Å². The molecule has 0 saturated heterocycles. The number of unbranched alkanes of at least 4 members (excludes halogenated alkanes) is 12. The standard InChI is InChI=1S/C20H43NO2/c1-3-5-6-7-8-9-10-11-12-13-14-15-16-17-20(4-2)21-23-19-18-22/h20-22H,3-19H2,1-2H3. The van der Waals surface area contributed by atoms with Gasteiger partial charge in [-0.2, -0.15) is 5.48 Å². The minimum Gasteiger partial charge on any atom is -0.394 e. The van der Waals surface area contributed by atoms with Gasteiger partial charge in [0.1, 0.15) is 0 Å². The maximum atomic E-state index is 8.69. The first-order chi connectivity index (χ1) is 11.3. The van der Waals surface area contributed by atoms with Crippen LogP contribution in [0.1, 0.15) is 110 Å². The molecule has 0 amide bonds. The molecule has 140 valence electrons. The molecule has 3 heteroatoms. The number of rotatable bonds is 19. The first kappa shape index (κ1) is 22.9. The van der Waals surface area contributed by atoms with Crippen LogP contribution in [0.5, 0.6) is 0 Å². The summed E-state index contributed by atoms with van der Waals surface area (Å²) in [6.45, 7) is 4.93. The molecule has 0 fully saturated rings. The fraction of sp³-hybridized carbons (Fsp3) is 1.00. The van der Waals surface area contributed by atoms with Crippen molar-refractivity contribution in [3.8, 4) is 0 Å². The highest BCUT2D eigenvalue weighted by Gasteiger charge is 2.05. The number of aliphatic hydroxyl groups is 1. The van der Waals surface area contributed by atoms with Crippen molar-refractivity contribution in [1.29, 1.82) is 0 Å². The fourth-order valence-corrected chi connectivity index (χ4v) is 2.98. The summed E-state index contributed by atoms with van der Waals surface area (Å²) in [6.07, 6.45) is 20.5. The Kier molecular flexibility index (Phi) is 19.8. The Morgan fingerprint density at radius 1 is 0.739 bits per heavy atom. The van der Waals surface area contributed by atoms with Gasteiger partial charge in [0.05, 0.1) is 13.2 Å². The number of hydrogen-bond acceptors (Lipinski definition) is 3. The fourth-order valence-electron chi connectivity index (χ4n) is 2.98. The van der Waals surface area contributed by atoms with Crippen LogP contribution in [0, 0.1) is 0 Å². The zero-order chi connectivity index (χ0) is 17.0. The Balaban J connectivity index is 3.17. The molecule has 23 heavy (non-hydrogen) atoms. The van der Waals surface area contributed by atoms with E-state index in [0.717, 1.165) is 6.42 Å². The topological polar surface area (TPSA) is 41.5 Å². The first-order valence-corrected chi connectivity index (χ1v) is 10.3. The third-order valence-electron chi connectivity index (χ3n) is 4.59. The Bertz CT molecular complexity index is 212. The molecule has 0 saturated carbocycles. The minimum absolute atomic E-state index is 0.0855. The van der Waals surface area contributed by atoms with E-state index in [-0.39, 0.29) is 6.61 Å². The highest BCUT2D eigenvalue weighted by atomic mass is 16.6. The van der Waals surface area contributed by atoms with Crippen molar-refractivity contribution in [2.45, 2.75) is 116 Å². The van der Waals surface area contributed by atoms with Gasteiger partial charge in [0.25, 0.3) is 0 Å². The van der Waals surface area contributed by atoms with E-state index >= 15 is 0 Å².